The molecule has 2 fully saturated rings. The molecule has 0 saturated carbocycles. The van der Waals surface area contributed by atoms with Crippen molar-refractivity contribution >= 4 is 36.4 Å². The molecule has 0 aliphatic carbocycles. The second-order valence-electron chi connectivity index (χ2n) is 7.02. The summed E-state index contributed by atoms with van der Waals surface area (Å²) in [6.45, 7) is 0.654. The van der Waals surface area contributed by atoms with Gasteiger partial charge in [-0.25, -0.2) is 9.67 Å². The molecular weight excluding hydrogens is 373 g/mol. The van der Waals surface area contributed by atoms with Crippen LogP contribution in [0.25, 0.3) is 0 Å². The Kier molecular flexibility index (Phi) is 7.43. The maximum Gasteiger partial charge on any atom is 0.224 e. The van der Waals surface area contributed by atoms with Crippen molar-refractivity contribution in [1.82, 2.24) is 20.1 Å². The molecule has 2 unspecified atom stereocenters. The first-order valence-electron chi connectivity index (χ1n) is 8.72. The fourth-order valence-corrected chi connectivity index (χ4v) is 4.06. The molecule has 142 valence electrons. The van der Waals surface area contributed by atoms with Crippen molar-refractivity contribution in [1.29, 1.82) is 0 Å². The Morgan fingerprint density at radius 3 is 2.69 bits per heavy atom. The third-order valence-electron chi connectivity index (χ3n) is 5.07. The van der Waals surface area contributed by atoms with Gasteiger partial charge in [-0.1, -0.05) is 12.1 Å². The Balaban J connectivity index is 0.00000121. The summed E-state index contributed by atoms with van der Waals surface area (Å²) < 4.78 is 1.77. The molecule has 2 atom stereocenters. The molecule has 2 aliphatic rings. The van der Waals surface area contributed by atoms with Crippen LogP contribution in [-0.4, -0.2) is 32.8 Å². The SMILES string of the molecule is Cl.Cl.O=C(CC1CC2CCC(C1)N2)Nc1cccc(Cn2cncn2)c1. The molecule has 2 N–H and O–H groups in total. The monoisotopic (exact) mass is 397 g/mol. The van der Waals surface area contributed by atoms with E-state index in [4.69, 9.17) is 0 Å². The molecule has 1 aromatic heterocycles. The molecule has 2 bridgehead atoms. The van der Waals surface area contributed by atoms with Crippen LogP contribution in [0.4, 0.5) is 5.69 Å². The van der Waals surface area contributed by atoms with E-state index in [0.29, 0.717) is 31.0 Å². The minimum Gasteiger partial charge on any atom is -0.326 e. The number of carbonyl (C=O) groups excluding carboxylic acids is 1. The number of benzene rings is 1. The highest BCUT2D eigenvalue weighted by Crippen LogP contribution is 2.32. The highest BCUT2D eigenvalue weighted by Gasteiger charge is 2.34. The number of rotatable bonds is 5. The van der Waals surface area contributed by atoms with E-state index in [0.717, 1.165) is 24.1 Å². The van der Waals surface area contributed by atoms with Gasteiger partial charge in [0.25, 0.3) is 0 Å². The van der Waals surface area contributed by atoms with Crippen molar-refractivity contribution in [3.63, 3.8) is 0 Å². The zero-order chi connectivity index (χ0) is 16.4. The quantitative estimate of drug-likeness (QED) is 0.812. The van der Waals surface area contributed by atoms with Gasteiger partial charge in [-0.2, -0.15) is 5.10 Å². The fourth-order valence-electron chi connectivity index (χ4n) is 4.06. The van der Waals surface area contributed by atoms with E-state index in [2.05, 4.69) is 20.7 Å². The first-order valence-corrected chi connectivity index (χ1v) is 8.72. The van der Waals surface area contributed by atoms with Crippen LogP contribution < -0.4 is 10.6 Å². The number of amides is 1. The van der Waals surface area contributed by atoms with Gasteiger partial charge < -0.3 is 10.6 Å². The molecule has 8 heteroatoms. The zero-order valence-electron chi connectivity index (χ0n) is 14.5. The lowest BCUT2D eigenvalue weighted by molar-refractivity contribution is -0.117. The molecule has 3 heterocycles. The Hall–Kier alpha value is -1.63. The fraction of sp³-hybridized carbons (Fsp3) is 0.500. The van der Waals surface area contributed by atoms with Gasteiger partial charge in [0.15, 0.2) is 0 Å². The van der Waals surface area contributed by atoms with E-state index < -0.39 is 0 Å². The predicted molar refractivity (Wildman–Crippen MR) is 106 cm³/mol. The standard InChI is InChI=1S/C18H23N5O.2ClH/c24-18(9-14-7-16-4-5-17(8-14)21-16)22-15-3-1-2-13(6-15)10-23-12-19-11-20-23;;/h1-3,6,11-12,14,16-17,21H,4-5,7-10H2,(H,22,24);2*1H. The van der Waals surface area contributed by atoms with Gasteiger partial charge >= 0.3 is 0 Å². The van der Waals surface area contributed by atoms with E-state index in [1.54, 1.807) is 11.0 Å². The summed E-state index contributed by atoms with van der Waals surface area (Å²) >= 11 is 0. The lowest BCUT2D eigenvalue weighted by Crippen LogP contribution is -2.39. The minimum absolute atomic E-state index is 0. The van der Waals surface area contributed by atoms with Crippen LogP contribution in [0.2, 0.25) is 0 Å². The smallest absolute Gasteiger partial charge is 0.224 e. The highest BCUT2D eigenvalue weighted by molar-refractivity contribution is 5.90. The number of aromatic nitrogens is 3. The van der Waals surface area contributed by atoms with Crippen molar-refractivity contribution in [2.75, 3.05) is 5.32 Å². The molecule has 1 amide bonds. The number of halogens is 2. The van der Waals surface area contributed by atoms with Gasteiger partial charge in [0, 0.05) is 24.2 Å². The molecular formula is C18H25Cl2N5O. The summed E-state index contributed by atoms with van der Waals surface area (Å²) in [6.07, 6.45) is 8.66. The number of fused-ring (bicyclic) bond motifs is 2. The maximum atomic E-state index is 12.4. The molecule has 4 rings (SSSR count). The topological polar surface area (TPSA) is 71.8 Å². The minimum atomic E-state index is 0. The van der Waals surface area contributed by atoms with Gasteiger partial charge in [0.2, 0.25) is 5.91 Å². The summed E-state index contributed by atoms with van der Waals surface area (Å²) in [5.41, 5.74) is 1.95. The molecule has 2 aliphatic heterocycles. The van der Waals surface area contributed by atoms with Crippen LogP contribution in [0.3, 0.4) is 0 Å². The van der Waals surface area contributed by atoms with Crippen LogP contribution >= 0.6 is 24.8 Å². The lowest BCUT2D eigenvalue weighted by Gasteiger charge is -2.28. The number of hydrogen-bond acceptors (Lipinski definition) is 4. The van der Waals surface area contributed by atoms with Crippen LogP contribution in [0, 0.1) is 5.92 Å². The number of hydrogen-bond donors (Lipinski definition) is 2. The number of piperidine rings is 1. The van der Waals surface area contributed by atoms with Gasteiger partial charge in [0.1, 0.15) is 12.7 Å². The van der Waals surface area contributed by atoms with Crippen LogP contribution in [0.1, 0.15) is 37.7 Å². The average Bonchev–Trinajstić information content (AvgIpc) is 3.17. The van der Waals surface area contributed by atoms with Crippen molar-refractivity contribution in [3.05, 3.63) is 42.5 Å². The van der Waals surface area contributed by atoms with E-state index in [-0.39, 0.29) is 30.7 Å². The predicted octanol–water partition coefficient (Wildman–Crippen LogP) is 3.03. The highest BCUT2D eigenvalue weighted by atomic mass is 35.5. The molecule has 2 saturated heterocycles. The Bertz CT molecular complexity index is 697. The first-order chi connectivity index (χ1) is 11.7. The van der Waals surface area contributed by atoms with Crippen molar-refractivity contribution in [3.8, 4) is 0 Å². The van der Waals surface area contributed by atoms with Crippen molar-refractivity contribution in [2.45, 2.75) is 50.7 Å². The van der Waals surface area contributed by atoms with E-state index in [1.807, 2.05) is 24.3 Å². The molecule has 0 radical (unpaired) electrons. The second-order valence-corrected chi connectivity index (χ2v) is 7.02. The molecule has 0 spiro atoms. The van der Waals surface area contributed by atoms with Gasteiger partial charge in [0.05, 0.1) is 6.54 Å². The van der Waals surface area contributed by atoms with Gasteiger partial charge in [-0.15, -0.1) is 24.8 Å². The average molecular weight is 398 g/mol. The normalized spacial score (nSPS) is 23.6. The lowest BCUT2D eigenvalue weighted by atomic mass is 9.89. The van der Waals surface area contributed by atoms with Crippen LogP contribution in [0.5, 0.6) is 0 Å². The second kappa shape index (κ2) is 9.35. The summed E-state index contributed by atoms with van der Waals surface area (Å²) in [5.74, 6) is 0.640. The zero-order valence-corrected chi connectivity index (χ0v) is 16.1. The maximum absolute atomic E-state index is 12.4. The largest absolute Gasteiger partial charge is 0.326 e. The van der Waals surface area contributed by atoms with Gasteiger partial charge in [-0.3, -0.25) is 4.79 Å². The molecule has 2 aromatic rings. The first kappa shape index (κ1) is 20.7. The summed E-state index contributed by atoms with van der Waals surface area (Å²) in [7, 11) is 0. The van der Waals surface area contributed by atoms with Crippen LogP contribution in [-0.2, 0) is 11.3 Å². The third-order valence-corrected chi connectivity index (χ3v) is 5.07. The van der Waals surface area contributed by atoms with E-state index in [9.17, 15) is 4.79 Å². The Morgan fingerprint density at radius 1 is 1.23 bits per heavy atom. The Morgan fingerprint density at radius 2 is 2.00 bits per heavy atom. The van der Waals surface area contributed by atoms with Crippen molar-refractivity contribution in [2.24, 2.45) is 5.92 Å². The van der Waals surface area contributed by atoms with E-state index >= 15 is 0 Å². The molecule has 1 aromatic carbocycles. The van der Waals surface area contributed by atoms with Gasteiger partial charge in [-0.05, 0) is 49.3 Å². The number of anilines is 1. The van der Waals surface area contributed by atoms with Crippen LogP contribution in [0.15, 0.2) is 36.9 Å². The van der Waals surface area contributed by atoms with Crippen molar-refractivity contribution < 1.29 is 4.79 Å². The third kappa shape index (κ3) is 5.19. The summed E-state index contributed by atoms with van der Waals surface area (Å²) in [5, 5.41) is 10.8. The molecule has 26 heavy (non-hydrogen) atoms. The molecule has 6 nitrogen and oxygen atoms in total. The number of nitrogens with one attached hydrogen (secondary N) is 2. The van der Waals surface area contributed by atoms with E-state index in [1.165, 1.54) is 19.2 Å². The Labute approximate surface area is 166 Å². The summed E-state index contributed by atoms with van der Waals surface area (Å²) in [4.78, 5) is 16.3. The number of carbonyl (C=O) groups is 1. The number of nitrogens with zero attached hydrogens (tertiary/aromatic N) is 3. The summed E-state index contributed by atoms with van der Waals surface area (Å²) in [6, 6.07) is 9.20.